The quantitative estimate of drug-likeness (QED) is 0.499. The minimum atomic E-state index is -4.04. The number of hydrogen-bond donors (Lipinski definition) is 1. The summed E-state index contributed by atoms with van der Waals surface area (Å²) < 4.78 is 30.6. The fourth-order valence-corrected chi connectivity index (χ4v) is 2.40. The van der Waals surface area contributed by atoms with Crippen LogP contribution < -0.4 is 29.6 Å². The number of fused-ring (bicyclic) bond motifs is 1. The van der Waals surface area contributed by atoms with Crippen molar-refractivity contribution in [3.63, 3.8) is 0 Å². The van der Waals surface area contributed by atoms with E-state index in [0.29, 0.717) is 0 Å². The molecule has 0 atom stereocenters. The van der Waals surface area contributed by atoms with E-state index in [0.717, 1.165) is 31.2 Å². The topological polar surface area (TPSA) is 54.4 Å². The van der Waals surface area contributed by atoms with E-state index in [-0.39, 0.29) is 35.9 Å². The van der Waals surface area contributed by atoms with Crippen LogP contribution in [0.1, 0.15) is 25.4 Å². The number of aryl methyl sites for hydroxylation is 2. The Morgan fingerprint density at radius 2 is 1.73 bits per heavy atom. The second-order valence-corrected chi connectivity index (χ2v) is 5.03. The van der Waals surface area contributed by atoms with Gasteiger partial charge in [0.1, 0.15) is 0 Å². The number of benzene rings is 1. The van der Waals surface area contributed by atoms with Gasteiger partial charge in [0, 0.05) is 0 Å². The minimum absolute atomic E-state index is 0. The van der Waals surface area contributed by atoms with Crippen molar-refractivity contribution in [3.8, 4) is 0 Å². The third kappa shape index (κ3) is 3.04. The third-order valence-electron chi connectivity index (χ3n) is 2.62. The van der Waals surface area contributed by atoms with Crippen LogP contribution in [0.3, 0.4) is 0 Å². The van der Waals surface area contributed by atoms with Gasteiger partial charge in [-0.05, 0) is 48.9 Å². The van der Waals surface area contributed by atoms with E-state index in [2.05, 4.69) is 0 Å². The molecule has 0 aliphatic heterocycles. The molecule has 0 fully saturated rings. The van der Waals surface area contributed by atoms with Gasteiger partial charge in [0.25, 0.3) is 10.1 Å². The Morgan fingerprint density at radius 1 is 1.13 bits per heavy atom. The van der Waals surface area contributed by atoms with Gasteiger partial charge in [0.05, 0.1) is 4.90 Å². The van der Waals surface area contributed by atoms with E-state index in [4.69, 9.17) is 4.55 Å². The van der Waals surface area contributed by atoms with Crippen LogP contribution in [-0.2, 0) is 23.0 Å². The van der Waals surface area contributed by atoms with E-state index < -0.39 is 10.1 Å². The van der Waals surface area contributed by atoms with Crippen molar-refractivity contribution in [2.75, 3.05) is 0 Å². The van der Waals surface area contributed by atoms with E-state index >= 15 is 0 Å². The van der Waals surface area contributed by atoms with E-state index in [1.165, 1.54) is 11.6 Å². The molecule has 0 saturated carbocycles. The first-order chi connectivity index (χ1) is 6.57. The average Bonchev–Trinajstić information content (AvgIpc) is 2.16. The Labute approximate surface area is 113 Å². The zero-order valence-corrected chi connectivity index (χ0v) is 11.5. The second-order valence-electron chi connectivity index (χ2n) is 3.61. The molecule has 3 nitrogen and oxygen atoms in total. The summed E-state index contributed by atoms with van der Waals surface area (Å²) in [7, 11) is -4.04. The van der Waals surface area contributed by atoms with Crippen LogP contribution in [0.15, 0.2) is 23.1 Å². The Kier molecular flexibility index (Phi) is 4.38. The predicted octanol–water partition coefficient (Wildman–Crippen LogP) is -1.07. The summed E-state index contributed by atoms with van der Waals surface area (Å²) in [4.78, 5) is 0.0122. The van der Waals surface area contributed by atoms with Crippen molar-refractivity contribution in [1.82, 2.24) is 0 Å². The molecule has 1 aromatic rings. The van der Waals surface area contributed by atoms with E-state index in [1.54, 1.807) is 12.1 Å². The first-order valence-corrected chi connectivity index (χ1v) is 6.11. The molecule has 0 unspecified atom stereocenters. The monoisotopic (exact) mass is 236 g/mol. The van der Waals surface area contributed by atoms with Crippen molar-refractivity contribution >= 4 is 10.1 Å². The summed E-state index contributed by atoms with van der Waals surface area (Å²) in [6, 6.07) is 4.86. The van der Waals surface area contributed by atoms with Gasteiger partial charge >= 0.3 is 29.6 Å². The summed E-state index contributed by atoms with van der Waals surface area (Å²) in [6.07, 6.45) is 4.19. The summed E-state index contributed by atoms with van der Waals surface area (Å²) >= 11 is 0. The molecule has 1 N–H and O–H groups in total. The fourth-order valence-electron chi connectivity index (χ4n) is 1.87. The second kappa shape index (κ2) is 4.97. The molecular weight excluding hydrogens is 223 g/mol. The Hall–Kier alpha value is 0.130. The molecule has 0 radical (unpaired) electrons. The molecule has 0 amide bonds. The Bertz CT molecular complexity index is 459. The maximum absolute atomic E-state index is 10.9. The SMILES string of the molecule is O=S(=O)(O)c1ccc2c(c1)CCCC2.[H-].[Na+]. The van der Waals surface area contributed by atoms with Gasteiger partial charge in [-0.1, -0.05) is 6.07 Å². The summed E-state index contributed by atoms with van der Waals surface area (Å²) in [5, 5.41) is 0. The minimum Gasteiger partial charge on any atom is -1.00 e. The molecule has 1 aliphatic rings. The molecule has 5 heteroatoms. The maximum atomic E-state index is 10.9. The summed E-state index contributed by atoms with van der Waals surface area (Å²) in [6.45, 7) is 0. The molecular formula is C10H13NaO3S. The number of hydrogen-bond acceptors (Lipinski definition) is 2. The molecule has 15 heavy (non-hydrogen) atoms. The van der Waals surface area contributed by atoms with Crippen LogP contribution in [-0.4, -0.2) is 13.0 Å². The van der Waals surface area contributed by atoms with Crippen molar-refractivity contribution in [2.45, 2.75) is 30.6 Å². The van der Waals surface area contributed by atoms with Gasteiger partial charge in [-0.3, -0.25) is 4.55 Å². The van der Waals surface area contributed by atoms with Gasteiger partial charge in [0.15, 0.2) is 0 Å². The van der Waals surface area contributed by atoms with Crippen molar-refractivity contribution in [1.29, 1.82) is 0 Å². The van der Waals surface area contributed by atoms with E-state index in [9.17, 15) is 8.42 Å². The molecule has 0 heterocycles. The van der Waals surface area contributed by atoms with Crippen LogP contribution >= 0.6 is 0 Å². The molecule has 0 saturated heterocycles. The largest absolute Gasteiger partial charge is 1.00 e. The molecule has 0 aromatic heterocycles. The van der Waals surface area contributed by atoms with Gasteiger partial charge < -0.3 is 1.43 Å². The van der Waals surface area contributed by atoms with Crippen molar-refractivity contribution < 1.29 is 44.0 Å². The zero-order valence-electron chi connectivity index (χ0n) is 9.73. The van der Waals surface area contributed by atoms with Crippen LogP contribution in [0.25, 0.3) is 0 Å². The first kappa shape index (κ1) is 13.2. The standard InChI is InChI=1S/C10H12O3S.Na.H/c11-14(12,13)10-6-5-8-3-1-2-4-9(8)7-10;;/h5-7H,1-4H2,(H,11,12,13);;/q;+1;-1. The molecule has 1 aliphatic carbocycles. The van der Waals surface area contributed by atoms with Gasteiger partial charge in [-0.25, -0.2) is 0 Å². The van der Waals surface area contributed by atoms with Crippen molar-refractivity contribution in [2.24, 2.45) is 0 Å². The first-order valence-electron chi connectivity index (χ1n) is 4.67. The summed E-state index contributed by atoms with van der Waals surface area (Å²) in [5.41, 5.74) is 2.27. The van der Waals surface area contributed by atoms with Crippen LogP contribution in [0.2, 0.25) is 0 Å². The molecule has 78 valence electrons. The van der Waals surface area contributed by atoms with Crippen LogP contribution in [0.5, 0.6) is 0 Å². The molecule has 0 bridgehead atoms. The van der Waals surface area contributed by atoms with Crippen LogP contribution in [0.4, 0.5) is 0 Å². The molecule has 1 aromatic carbocycles. The Morgan fingerprint density at radius 3 is 2.33 bits per heavy atom. The average molecular weight is 236 g/mol. The number of rotatable bonds is 1. The van der Waals surface area contributed by atoms with Crippen LogP contribution in [0, 0.1) is 0 Å². The zero-order chi connectivity index (χ0) is 10.2. The maximum Gasteiger partial charge on any atom is 1.00 e. The van der Waals surface area contributed by atoms with Gasteiger partial charge in [0.2, 0.25) is 0 Å². The summed E-state index contributed by atoms with van der Waals surface area (Å²) in [5.74, 6) is 0. The van der Waals surface area contributed by atoms with Gasteiger partial charge in [-0.15, -0.1) is 0 Å². The smallest absolute Gasteiger partial charge is 1.00 e. The third-order valence-corrected chi connectivity index (χ3v) is 3.47. The predicted molar refractivity (Wildman–Crippen MR) is 54.0 cm³/mol. The van der Waals surface area contributed by atoms with Crippen molar-refractivity contribution in [3.05, 3.63) is 29.3 Å². The van der Waals surface area contributed by atoms with Gasteiger partial charge in [-0.2, -0.15) is 8.42 Å². The molecule has 0 spiro atoms. The fraction of sp³-hybridized carbons (Fsp3) is 0.400. The van der Waals surface area contributed by atoms with E-state index in [1.807, 2.05) is 0 Å². The Balaban J connectivity index is 0.00000112. The molecule has 2 rings (SSSR count). The normalized spacial score (nSPS) is 15.3.